The number of halogens is 4. The average Bonchev–Trinajstić information content (AvgIpc) is 3.30. The number of nitrogens with two attached hydrogens (primary N) is 1. The minimum atomic E-state index is -4.36. The van der Waals surface area contributed by atoms with E-state index in [1.54, 1.807) is 12.1 Å². The Morgan fingerprint density at radius 1 is 1.07 bits per heavy atom. The largest absolute Gasteiger partial charge is 0.390 e. The van der Waals surface area contributed by atoms with Gasteiger partial charge in [0.15, 0.2) is 5.65 Å². The maximum atomic E-state index is 13.3. The third-order valence-electron chi connectivity index (χ3n) is 4.45. The number of nitrogens with zero attached hydrogens (tertiary/aromatic N) is 5. The van der Waals surface area contributed by atoms with Crippen LogP contribution >= 0.6 is 0 Å². The lowest BCUT2D eigenvalue weighted by Crippen LogP contribution is -2.15. The smallest absolute Gasteiger partial charge is 0.364 e. The molecule has 4 rings (SSSR count). The number of aromatic nitrogens is 5. The second kappa shape index (κ2) is 7.25. The number of amides is 1. The summed E-state index contributed by atoms with van der Waals surface area (Å²) in [6.45, 7) is -0.390. The van der Waals surface area contributed by atoms with Crippen molar-refractivity contribution >= 4 is 11.6 Å². The van der Waals surface area contributed by atoms with Crippen molar-refractivity contribution in [2.24, 2.45) is 5.73 Å². The van der Waals surface area contributed by atoms with E-state index in [0.717, 1.165) is 0 Å². The Bertz CT molecular complexity index is 1230. The van der Waals surface area contributed by atoms with Crippen molar-refractivity contribution < 1.29 is 22.4 Å². The molecular formula is C19H14F4N6O. The number of primary amides is 1. The molecule has 0 spiro atoms. The van der Waals surface area contributed by atoms with Crippen LogP contribution in [-0.4, -0.2) is 36.2 Å². The highest BCUT2D eigenvalue weighted by Gasteiger charge is 2.28. The molecule has 0 radical (unpaired) electrons. The molecule has 3 heterocycles. The van der Waals surface area contributed by atoms with Crippen LogP contribution in [0.3, 0.4) is 0 Å². The number of rotatable bonds is 5. The van der Waals surface area contributed by atoms with E-state index in [0.29, 0.717) is 16.9 Å². The van der Waals surface area contributed by atoms with Gasteiger partial charge < -0.3 is 10.3 Å². The molecule has 11 heteroatoms. The maximum Gasteiger partial charge on any atom is 0.390 e. The summed E-state index contributed by atoms with van der Waals surface area (Å²) in [6.07, 6.45) is -2.90. The topological polar surface area (TPSA) is 91.1 Å². The number of imidazole rings is 2. The Balaban J connectivity index is 1.88. The van der Waals surface area contributed by atoms with E-state index in [1.807, 2.05) is 0 Å². The summed E-state index contributed by atoms with van der Waals surface area (Å²) in [6, 6.07) is 8.52. The van der Waals surface area contributed by atoms with Gasteiger partial charge in [-0.15, -0.1) is 0 Å². The Morgan fingerprint density at radius 3 is 2.47 bits per heavy atom. The lowest BCUT2D eigenvalue weighted by molar-refractivity contribution is -0.136. The second-order valence-corrected chi connectivity index (χ2v) is 6.50. The lowest BCUT2D eigenvalue weighted by Gasteiger charge is -2.12. The molecule has 1 amide bonds. The number of hydrogen-bond donors (Lipinski definition) is 1. The van der Waals surface area contributed by atoms with Gasteiger partial charge >= 0.3 is 6.18 Å². The lowest BCUT2D eigenvalue weighted by atomic mass is 10.1. The van der Waals surface area contributed by atoms with Crippen molar-refractivity contribution in [3.05, 3.63) is 60.4 Å². The normalized spacial score (nSPS) is 11.9. The number of carbonyl (C=O) groups is 1. The second-order valence-electron chi connectivity index (χ2n) is 6.50. The van der Waals surface area contributed by atoms with E-state index in [2.05, 4.69) is 15.1 Å². The summed E-state index contributed by atoms with van der Waals surface area (Å²) in [7, 11) is 0. The highest BCUT2D eigenvalue weighted by Crippen LogP contribution is 2.32. The quantitative estimate of drug-likeness (QED) is 0.503. The van der Waals surface area contributed by atoms with Gasteiger partial charge in [-0.2, -0.15) is 18.3 Å². The Kier molecular flexibility index (Phi) is 4.72. The summed E-state index contributed by atoms with van der Waals surface area (Å²) < 4.78 is 54.3. The van der Waals surface area contributed by atoms with E-state index < -0.39 is 24.3 Å². The molecule has 0 aliphatic carbocycles. The molecule has 2 N–H and O–H groups in total. The maximum absolute atomic E-state index is 13.3. The molecule has 1 aromatic carbocycles. The first-order valence-electron chi connectivity index (χ1n) is 8.76. The summed E-state index contributed by atoms with van der Waals surface area (Å²) in [5.74, 6) is -1.21. The minimum Gasteiger partial charge on any atom is -0.364 e. The van der Waals surface area contributed by atoms with Gasteiger partial charge in [0.2, 0.25) is 0 Å². The van der Waals surface area contributed by atoms with Crippen LogP contribution in [0.2, 0.25) is 0 Å². The first-order valence-corrected chi connectivity index (χ1v) is 8.76. The van der Waals surface area contributed by atoms with E-state index in [9.17, 15) is 22.4 Å². The zero-order chi connectivity index (χ0) is 21.5. The van der Waals surface area contributed by atoms with Crippen LogP contribution in [-0.2, 0) is 6.54 Å². The van der Waals surface area contributed by atoms with Crippen molar-refractivity contribution in [2.45, 2.75) is 19.1 Å². The van der Waals surface area contributed by atoms with Gasteiger partial charge in [-0.1, -0.05) is 0 Å². The minimum absolute atomic E-state index is 0.0246. The molecule has 3 aromatic heterocycles. The van der Waals surface area contributed by atoms with Crippen molar-refractivity contribution in [1.29, 1.82) is 0 Å². The van der Waals surface area contributed by atoms with Crippen molar-refractivity contribution in [3.8, 4) is 22.6 Å². The molecule has 0 aliphatic rings. The van der Waals surface area contributed by atoms with Crippen LogP contribution in [0, 0.1) is 5.82 Å². The first kappa shape index (κ1) is 19.6. The summed E-state index contributed by atoms with van der Waals surface area (Å²) in [4.78, 5) is 19.9. The number of alkyl halides is 3. The molecule has 0 unspecified atom stereocenters. The Hall–Kier alpha value is -3.76. The number of fused-ring (bicyclic) bond motifs is 1. The predicted molar refractivity (Wildman–Crippen MR) is 98.8 cm³/mol. The Morgan fingerprint density at radius 2 is 1.80 bits per heavy atom. The van der Waals surface area contributed by atoms with Crippen LogP contribution < -0.4 is 5.73 Å². The molecule has 0 bridgehead atoms. The molecule has 0 saturated heterocycles. The number of benzene rings is 1. The van der Waals surface area contributed by atoms with Gasteiger partial charge in [-0.05, 0) is 36.4 Å². The first-order chi connectivity index (χ1) is 14.2. The van der Waals surface area contributed by atoms with Gasteiger partial charge in [0.1, 0.15) is 17.2 Å². The molecule has 4 aromatic rings. The summed E-state index contributed by atoms with van der Waals surface area (Å²) in [5.41, 5.74) is 7.07. The van der Waals surface area contributed by atoms with Gasteiger partial charge in [-0.25, -0.2) is 18.9 Å². The third kappa shape index (κ3) is 3.73. The van der Waals surface area contributed by atoms with Crippen LogP contribution in [0.5, 0.6) is 0 Å². The Labute approximate surface area is 166 Å². The van der Waals surface area contributed by atoms with Gasteiger partial charge in [0.25, 0.3) is 5.91 Å². The highest BCUT2D eigenvalue weighted by atomic mass is 19.4. The zero-order valence-electron chi connectivity index (χ0n) is 15.3. The van der Waals surface area contributed by atoms with Crippen LogP contribution in [0.1, 0.15) is 16.9 Å². The monoisotopic (exact) mass is 418 g/mol. The fourth-order valence-electron chi connectivity index (χ4n) is 3.05. The molecule has 7 nitrogen and oxygen atoms in total. The molecule has 0 saturated carbocycles. The third-order valence-corrected chi connectivity index (χ3v) is 4.45. The van der Waals surface area contributed by atoms with Crippen molar-refractivity contribution in [3.63, 3.8) is 0 Å². The molecule has 0 atom stereocenters. The SMILES string of the molecule is NC(=O)c1cnc2ccc(-c3c(-c4ccc(F)cc4)ncn3CCC(F)(F)F)nn12. The van der Waals surface area contributed by atoms with Crippen LogP contribution in [0.4, 0.5) is 17.6 Å². The van der Waals surface area contributed by atoms with E-state index in [4.69, 9.17) is 5.73 Å². The highest BCUT2D eigenvalue weighted by molar-refractivity contribution is 5.91. The van der Waals surface area contributed by atoms with E-state index in [1.165, 1.54) is 45.9 Å². The fraction of sp³-hybridized carbons (Fsp3) is 0.158. The van der Waals surface area contributed by atoms with E-state index >= 15 is 0 Å². The van der Waals surface area contributed by atoms with Crippen LogP contribution in [0.15, 0.2) is 48.9 Å². The van der Waals surface area contributed by atoms with Gasteiger partial charge in [0, 0.05) is 12.1 Å². The van der Waals surface area contributed by atoms with Gasteiger partial charge in [-0.3, -0.25) is 4.79 Å². The summed E-state index contributed by atoms with van der Waals surface area (Å²) >= 11 is 0. The molecule has 30 heavy (non-hydrogen) atoms. The van der Waals surface area contributed by atoms with Crippen molar-refractivity contribution in [1.82, 2.24) is 24.1 Å². The predicted octanol–water partition coefficient (Wildman–Crippen LogP) is 3.45. The van der Waals surface area contributed by atoms with Gasteiger partial charge in [0.05, 0.1) is 30.3 Å². The summed E-state index contributed by atoms with van der Waals surface area (Å²) in [5, 5.41) is 4.34. The number of hydrogen-bond acceptors (Lipinski definition) is 4. The molecule has 0 fully saturated rings. The number of aryl methyl sites for hydroxylation is 1. The zero-order valence-corrected chi connectivity index (χ0v) is 15.3. The van der Waals surface area contributed by atoms with Crippen LogP contribution in [0.25, 0.3) is 28.3 Å². The average molecular weight is 418 g/mol. The number of carbonyl (C=O) groups excluding carboxylic acids is 1. The molecule has 154 valence electrons. The van der Waals surface area contributed by atoms with Crippen molar-refractivity contribution in [2.75, 3.05) is 0 Å². The van der Waals surface area contributed by atoms with E-state index in [-0.39, 0.29) is 23.6 Å². The fourth-order valence-corrected chi connectivity index (χ4v) is 3.05. The molecule has 0 aliphatic heterocycles. The standard InChI is InChI=1S/C19H14F4N6O/c20-12-3-1-11(2-4-12)16-17(28(10-26-16)8-7-19(21,22)23)13-5-6-15-25-9-14(18(24)30)29(15)27-13/h1-6,9-10H,7-8H2,(H2,24,30). The molecular weight excluding hydrogens is 404 g/mol.